The number of fused-ring (bicyclic) bond motifs is 3. The summed E-state index contributed by atoms with van der Waals surface area (Å²) in [6, 6.07) is 5.31. The Hall–Kier alpha value is -3.63. The van der Waals surface area contributed by atoms with Gasteiger partial charge in [-0.05, 0) is 60.7 Å². The van der Waals surface area contributed by atoms with Gasteiger partial charge in [0.2, 0.25) is 0 Å². The molecule has 1 aliphatic carbocycles. The summed E-state index contributed by atoms with van der Waals surface area (Å²) in [6.07, 6.45) is -2.56. The van der Waals surface area contributed by atoms with Gasteiger partial charge in [-0.25, -0.2) is 13.2 Å². The van der Waals surface area contributed by atoms with Crippen LogP contribution in [0.3, 0.4) is 0 Å². The SMILES string of the molecule is C=CCCc1ccc(OC(F)(F)c2ccc3c(c2F)C(F)(F)C(F)(F)c2c-3ccc(OCC)c2F)cc1F. The lowest BCUT2D eigenvalue weighted by molar-refractivity contribution is -0.228. The molecule has 38 heavy (non-hydrogen) atoms. The first kappa shape index (κ1) is 27.4. The normalized spacial score (nSPS) is 15.4. The monoisotopic (exact) mass is 546 g/mol. The number of ether oxygens (including phenoxy) is 2. The summed E-state index contributed by atoms with van der Waals surface area (Å²) in [5.41, 5.74) is -7.16. The van der Waals surface area contributed by atoms with Gasteiger partial charge >= 0.3 is 18.0 Å². The number of halogens is 9. The molecule has 11 heteroatoms. The van der Waals surface area contributed by atoms with E-state index in [1.807, 2.05) is 0 Å². The van der Waals surface area contributed by atoms with Gasteiger partial charge in [0.15, 0.2) is 11.6 Å². The maximum atomic E-state index is 15.3. The van der Waals surface area contributed by atoms with E-state index in [0.717, 1.165) is 24.3 Å². The van der Waals surface area contributed by atoms with Crippen LogP contribution in [0.5, 0.6) is 11.5 Å². The lowest BCUT2D eigenvalue weighted by Crippen LogP contribution is -2.41. The number of alkyl halides is 6. The highest BCUT2D eigenvalue weighted by atomic mass is 19.3. The van der Waals surface area contributed by atoms with Gasteiger partial charge in [-0.3, -0.25) is 0 Å². The van der Waals surface area contributed by atoms with Crippen LogP contribution in [0.25, 0.3) is 11.1 Å². The fraction of sp³-hybridized carbons (Fsp3) is 0.259. The zero-order chi connectivity index (χ0) is 28.0. The quantitative estimate of drug-likeness (QED) is 0.208. The van der Waals surface area contributed by atoms with E-state index in [-0.39, 0.29) is 18.6 Å². The summed E-state index contributed by atoms with van der Waals surface area (Å²) in [5.74, 6) is -17.3. The molecule has 0 radical (unpaired) electrons. The molecule has 202 valence electrons. The van der Waals surface area contributed by atoms with E-state index >= 15 is 13.2 Å². The summed E-state index contributed by atoms with van der Waals surface area (Å²) in [5, 5.41) is 0. The summed E-state index contributed by atoms with van der Waals surface area (Å²) in [4.78, 5) is 0. The van der Waals surface area contributed by atoms with Crippen LogP contribution in [0, 0.1) is 17.5 Å². The maximum Gasteiger partial charge on any atom is 0.429 e. The van der Waals surface area contributed by atoms with Crippen LogP contribution in [0.2, 0.25) is 0 Å². The van der Waals surface area contributed by atoms with Gasteiger partial charge in [0.25, 0.3) is 0 Å². The second-order valence-electron chi connectivity index (χ2n) is 8.43. The van der Waals surface area contributed by atoms with Crippen molar-refractivity contribution in [3.63, 3.8) is 0 Å². The fourth-order valence-corrected chi connectivity index (χ4v) is 4.26. The average Bonchev–Trinajstić information content (AvgIpc) is 2.83. The number of allylic oxidation sites excluding steroid dienone is 1. The van der Waals surface area contributed by atoms with Crippen molar-refractivity contribution >= 4 is 0 Å². The minimum absolute atomic E-state index is 0.154. The van der Waals surface area contributed by atoms with Crippen molar-refractivity contribution in [1.82, 2.24) is 0 Å². The molecule has 0 atom stereocenters. The maximum absolute atomic E-state index is 15.3. The van der Waals surface area contributed by atoms with Crippen molar-refractivity contribution in [3.05, 3.63) is 94.8 Å². The minimum Gasteiger partial charge on any atom is -0.491 e. The Morgan fingerprint density at radius 1 is 0.868 bits per heavy atom. The molecule has 1 aliphatic rings. The molecule has 2 nitrogen and oxygen atoms in total. The Bertz CT molecular complexity index is 1400. The smallest absolute Gasteiger partial charge is 0.429 e. The molecule has 3 aromatic rings. The van der Waals surface area contributed by atoms with E-state index in [2.05, 4.69) is 11.3 Å². The number of hydrogen-bond acceptors (Lipinski definition) is 2. The molecule has 0 unspecified atom stereocenters. The van der Waals surface area contributed by atoms with Crippen molar-refractivity contribution in [2.24, 2.45) is 0 Å². The molecule has 4 rings (SSSR count). The van der Waals surface area contributed by atoms with E-state index in [1.54, 1.807) is 0 Å². The van der Waals surface area contributed by atoms with Crippen LogP contribution in [0.1, 0.15) is 35.6 Å². The van der Waals surface area contributed by atoms with Crippen molar-refractivity contribution in [2.75, 3.05) is 6.61 Å². The van der Waals surface area contributed by atoms with E-state index < -0.39 is 74.7 Å². The largest absolute Gasteiger partial charge is 0.491 e. The van der Waals surface area contributed by atoms with Gasteiger partial charge in [0.1, 0.15) is 22.9 Å². The van der Waals surface area contributed by atoms with E-state index in [1.165, 1.54) is 13.0 Å². The summed E-state index contributed by atoms with van der Waals surface area (Å²) < 4.78 is 144. The Kier molecular flexibility index (Phi) is 6.92. The Balaban J connectivity index is 1.81. The van der Waals surface area contributed by atoms with Crippen LogP contribution in [-0.2, 0) is 24.4 Å². The second kappa shape index (κ2) is 9.59. The first-order chi connectivity index (χ1) is 17.8. The predicted octanol–water partition coefficient (Wildman–Crippen LogP) is 8.61. The molecule has 0 N–H and O–H groups in total. The van der Waals surface area contributed by atoms with Gasteiger partial charge < -0.3 is 9.47 Å². The summed E-state index contributed by atoms with van der Waals surface area (Å²) in [6.45, 7) is 4.73. The Morgan fingerprint density at radius 2 is 1.47 bits per heavy atom. The number of hydrogen-bond donors (Lipinski definition) is 0. The van der Waals surface area contributed by atoms with E-state index in [4.69, 9.17) is 4.74 Å². The molecular weight excluding hydrogens is 527 g/mol. The molecule has 0 heterocycles. The third-order valence-electron chi connectivity index (χ3n) is 6.06. The molecule has 3 aromatic carbocycles. The molecule has 0 spiro atoms. The zero-order valence-corrected chi connectivity index (χ0v) is 19.7. The number of benzene rings is 3. The van der Waals surface area contributed by atoms with Gasteiger partial charge in [-0.15, -0.1) is 6.58 Å². The predicted molar refractivity (Wildman–Crippen MR) is 120 cm³/mol. The van der Waals surface area contributed by atoms with Crippen LogP contribution in [0.15, 0.2) is 55.1 Å². The zero-order valence-electron chi connectivity index (χ0n) is 19.7. The summed E-state index contributed by atoms with van der Waals surface area (Å²) >= 11 is 0. The lowest BCUT2D eigenvalue weighted by atomic mass is 9.79. The molecule has 0 aliphatic heterocycles. The highest BCUT2D eigenvalue weighted by molar-refractivity contribution is 5.77. The van der Waals surface area contributed by atoms with Gasteiger partial charge in [0.05, 0.1) is 17.7 Å². The van der Waals surface area contributed by atoms with Gasteiger partial charge in [0, 0.05) is 6.07 Å². The Labute approximate surface area is 211 Å². The molecule has 0 aromatic heterocycles. The van der Waals surface area contributed by atoms with Gasteiger partial charge in [-0.2, -0.15) is 26.3 Å². The highest BCUT2D eigenvalue weighted by Gasteiger charge is 2.66. The third-order valence-corrected chi connectivity index (χ3v) is 6.06. The molecule has 0 saturated heterocycles. The fourth-order valence-electron chi connectivity index (χ4n) is 4.26. The molecule has 0 amide bonds. The first-order valence-corrected chi connectivity index (χ1v) is 11.3. The van der Waals surface area contributed by atoms with Crippen molar-refractivity contribution in [3.8, 4) is 22.6 Å². The topological polar surface area (TPSA) is 18.5 Å². The van der Waals surface area contributed by atoms with E-state index in [0.29, 0.717) is 24.6 Å². The molecule has 0 saturated carbocycles. The number of aryl methyl sites for hydroxylation is 1. The van der Waals surface area contributed by atoms with Crippen molar-refractivity contribution < 1.29 is 49.0 Å². The standard InChI is InChI=1S/C27H19F9O2/c1-3-5-6-14-7-8-15(13-19(14)28)38-27(35,36)18-11-9-16-17-10-12-20(37-4-2)24(30)22(17)26(33,34)25(31,32)21(16)23(18)29/h3,7-13H,1,4-6H2,2H3. The Morgan fingerprint density at radius 3 is 2.05 bits per heavy atom. The highest BCUT2D eigenvalue weighted by Crippen LogP contribution is 2.60. The van der Waals surface area contributed by atoms with E-state index in [9.17, 15) is 26.3 Å². The lowest BCUT2D eigenvalue weighted by Gasteiger charge is -2.36. The van der Waals surface area contributed by atoms with Crippen LogP contribution in [0.4, 0.5) is 39.5 Å². The number of rotatable bonds is 8. The third kappa shape index (κ3) is 4.27. The van der Waals surface area contributed by atoms with Crippen LogP contribution >= 0.6 is 0 Å². The van der Waals surface area contributed by atoms with Gasteiger partial charge in [-0.1, -0.05) is 18.2 Å². The second-order valence-corrected chi connectivity index (χ2v) is 8.43. The van der Waals surface area contributed by atoms with Crippen LogP contribution < -0.4 is 9.47 Å². The van der Waals surface area contributed by atoms with Crippen molar-refractivity contribution in [1.29, 1.82) is 0 Å². The minimum atomic E-state index is -5.43. The molecule has 0 fully saturated rings. The first-order valence-electron chi connectivity index (χ1n) is 11.3. The van der Waals surface area contributed by atoms with Crippen molar-refractivity contribution in [2.45, 2.75) is 37.7 Å². The molecule has 0 bridgehead atoms. The van der Waals surface area contributed by atoms with Crippen LogP contribution in [-0.4, -0.2) is 6.61 Å². The summed E-state index contributed by atoms with van der Waals surface area (Å²) in [7, 11) is 0. The molecular formula is C27H19F9O2. The average molecular weight is 546 g/mol.